The number of ether oxygens (including phenoxy) is 3. The zero-order valence-electron chi connectivity index (χ0n) is 60.6. The Morgan fingerprint density at radius 2 is 0.858 bits per heavy atom. The highest BCUT2D eigenvalue weighted by Gasteiger charge is 2.26. The summed E-state index contributed by atoms with van der Waals surface area (Å²) >= 11 is 92.1. The lowest BCUT2D eigenvalue weighted by Crippen LogP contribution is -2.08. The number of benzene rings is 7. The van der Waals surface area contributed by atoms with Gasteiger partial charge in [-0.25, -0.2) is 39.0 Å². The van der Waals surface area contributed by atoms with Crippen LogP contribution in [0.5, 0.6) is 5.75 Å². The van der Waals surface area contributed by atoms with Crippen molar-refractivity contribution in [1.82, 2.24) is 75.7 Å². The Labute approximate surface area is 793 Å². The Bertz CT molecular complexity index is 6290. The van der Waals surface area contributed by atoms with Gasteiger partial charge in [0, 0.05) is 37.2 Å². The number of thiazole rings is 6. The van der Waals surface area contributed by atoms with Crippen LogP contribution in [0.1, 0.15) is 50.9 Å². The van der Waals surface area contributed by atoms with E-state index in [2.05, 4.69) is 87.0 Å². The fraction of sp³-hybridized carbons (Fsp3) is 0.0800. The Morgan fingerprint density at radius 3 is 1.23 bits per heavy atom. The lowest BCUT2D eigenvalue weighted by Gasteiger charge is -2.07. The SMILES string of the molecule is CCOC(=O)c1n[nH]nc1Sc1ncc(-c2ccc(Cl)c(Cl)c2)s1.CCOC(=O)c1nnn(Cc2ccc(OC)cc2)c1Sc1ncc(-c2ccc(Cl)c(Cl)c2)s1.Clc1ccc(-c2cnc(Br)s2)cc1Cl.Clc1ccc(-c2cncs2)cc1Cl.O=C(O)c1n[nH]nc1Sc1ncc(-c2ccc(Cl)c(Cl)c2)s1.S=c1[nH]cc(-c2ccc(Cl)c(Cl)c2)s1. The van der Waals surface area contributed by atoms with Crippen LogP contribution in [-0.2, 0) is 16.0 Å². The van der Waals surface area contributed by atoms with Crippen LogP contribution in [0, 0.1) is 3.95 Å². The normalized spacial score (nSPS) is 10.7. The summed E-state index contributed by atoms with van der Waals surface area (Å²) in [4.78, 5) is 65.4. The second kappa shape index (κ2) is 45.7. The zero-order chi connectivity index (χ0) is 85.7. The summed E-state index contributed by atoms with van der Waals surface area (Å²) < 4.78 is 20.7. The molecular formula is C75H48BrCl12N15O7S10. The number of aromatic carboxylic acids is 1. The van der Waals surface area contributed by atoms with Gasteiger partial charge in [0.1, 0.15) is 10.8 Å². The van der Waals surface area contributed by atoms with Gasteiger partial charge in [-0.05, 0) is 201 Å². The van der Waals surface area contributed by atoms with Crippen molar-refractivity contribution in [2.24, 2.45) is 0 Å². The molecule has 0 aliphatic carbocycles. The molecule has 7 aromatic carbocycles. The number of rotatable bonds is 20. The highest BCUT2D eigenvalue weighted by molar-refractivity contribution is 9.11. The standard InChI is InChI=1S/C22H18Cl2N4O3S2.C14H10Cl2N4O2S2.C12H6Cl2N4O2S2.C9H4BrCl2NS.C9H5Cl2NS2.C9H5Cl2NS/c1-3-31-21(29)19-20(28(27-26-19)12-13-4-7-15(30-2)8-5-13)33-22-25-11-18(32-22)14-6-9-16(23)17(24)10-14;1-2-22-13(21)11-12(19-20-18-11)24-14-17-6-10(23-14)7-3-4-8(15)9(16)5-7;13-6-2-1-5(3-7(6)14)8-4-15-12(21-8)22-10-9(11(19)20)16-18-17-10;10-9-13-4-8(14-9)5-1-2-6(11)7(12)3-5;10-6-2-1-5(3-7(6)11)8-4-12-9(13)14-8;10-7-2-1-6(3-8(7)11)9-4-12-5-13-9/h4-11H,3,12H2,1-2H3;3-6H,2H2,1H3,(H,18,19,20);1-4H,(H,19,20)(H,16,17,18);1-4H;1-4H,(H,12,13);1-5H. The third kappa shape index (κ3) is 26.4. The van der Waals surface area contributed by atoms with Gasteiger partial charge < -0.3 is 24.3 Å². The summed E-state index contributed by atoms with van der Waals surface area (Å²) in [6.07, 6.45) is 10.7. The number of nitrogens with one attached hydrogen (secondary N) is 3. The average molecular weight is 2100 g/mol. The fourth-order valence-electron chi connectivity index (χ4n) is 9.43. The summed E-state index contributed by atoms with van der Waals surface area (Å²) in [5, 5.41) is 44.8. The van der Waals surface area contributed by atoms with Crippen molar-refractivity contribution in [3.05, 3.63) is 267 Å². The van der Waals surface area contributed by atoms with E-state index in [9.17, 15) is 14.4 Å². The van der Waals surface area contributed by atoms with E-state index in [0.29, 0.717) is 81.2 Å². The highest BCUT2D eigenvalue weighted by Crippen LogP contribution is 2.43. The number of esters is 2. The van der Waals surface area contributed by atoms with E-state index in [1.54, 1.807) is 133 Å². The van der Waals surface area contributed by atoms with Crippen LogP contribution in [0.3, 0.4) is 0 Å². The number of carbonyl (C=O) groups excluding carboxylic acids is 2. The number of carboxylic acids is 1. The first-order chi connectivity index (χ1) is 57.7. The van der Waals surface area contributed by atoms with Gasteiger partial charge in [0.25, 0.3) is 0 Å². The minimum atomic E-state index is -1.14. The van der Waals surface area contributed by atoms with Crippen molar-refractivity contribution >= 4 is 289 Å². The molecule has 120 heavy (non-hydrogen) atoms. The molecule has 22 nitrogen and oxygen atoms in total. The molecule has 9 aromatic heterocycles. The van der Waals surface area contributed by atoms with Crippen LogP contribution in [0.25, 0.3) is 62.6 Å². The number of halogens is 13. The van der Waals surface area contributed by atoms with Crippen LogP contribution in [0.2, 0.25) is 60.3 Å². The zero-order valence-corrected chi connectivity index (χ0v) is 79.4. The van der Waals surface area contributed by atoms with Gasteiger partial charge in [0.15, 0.2) is 30.9 Å². The number of hydrogen-bond acceptors (Lipinski definition) is 27. The molecule has 0 aliphatic rings. The number of nitrogens with zero attached hydrogens (tertiary/aromatic N) is 12. The Kier molecular flexibility index (Phi) is 35.8. The predicted octanol–water partition coefficient (Wildman–Crippen LogP) is 28.5. The summed E-state index contributed by atoms with van der Waals surface area (Å²) in [5.74, 6) is -1.42. The molecule has 0 amide bonds. The molecule has 0 bridgehead atoms. The topological polar surface area (TPSA) is 293 Å². The molecule has 16 aromatic rings. The lowest BCUT2D eigenvalue weighted by atomic mass is 10.2. The van der Waals surface area contributed by atoms with Gasteiger partial charge in [-0.3, -0.25) is 4.98 Å². The molecule has 0 saturated carbocycles. The molecule has 0 fully saturated rings. The minimum Gasteiger partial charge on any atom is -0.497 e. The van der Waals surface area contributed by atoms with E-state index in [1.807, 2.05) is 91.3 Å². The quantitative estimate of drug-likeness (QED) is 0.0407. The van der Waals surface area contributed by atoms with Gasteiger partial charge in [-0.1, -0.05) is 193 Å². The molecule has 9 heterocycles. The van der Waals surface area contributed by atoms with Crippen LogP contribution >= 0.6 is 271 Å². The first-order valence-electron chi connectivity index (χ1n) is 33.5. The van der Waals surface area contributed by atoms with Crippen LogP contribution in [0.4, 0.5) is 0 Å². The molecular weight excluding hydrogens is 2050 g/mol. The molecule has 0 radical (unpaired) electrons. The van der Waals surface area contributed by atoms with E-state index in [-0.39, 0.29) is 35.3 Å². The van der Waals surface area contributed by atoms with Crippen molar-refractivity contribution in [2.75, 3.05) is 20.3 Å². The van der Waals surface area contributed by atoms with Crippen molar-refractivity contribution in [2.45, 2.75) is 48.5 Å². The average Bonchev–Trinajstić information content (AvgIpc) is 1.67. The molecule has 0 atom stereocenters. The van der Waals surface area contributed by atoms with Crippen LogP contribution in [-0.4, -0.2) is 119 Å². The second-order valence-corrected chi connectivity index (χ2v) is 39.5. The van der Waals surface area contributed by atoms with Crippen LogP contribution < -0.4 is 4.74 Å². The van der Waals surface area contributed by atoms with Gasteiger partial charge in [-0.2, -0.15) is 10.4 Å². The molecule has 45 heteroatoms. The number of methoxy groups -OCH3 is 1. The molecule has 0 spiro atoms. The molecule has 0 saturated heterocycles. The number of carboxylic acid groups (broad SMARTS) is 1. The number of aromatic nitrogens is 15. The molecule has 0 unspecified atom stereocenters. The van der Waals surface area contributed by atoms with Gasteiger partial charge in [0.05, 0.1) is 122 Å². The largest absolute Gasteiger partial charge is 0.497 e. The molecule has 616 valence electrons. The van der Waals surface area contributed by atoms with E-state index in [0.717, 1.165) is 102 Å². The second-order valence-electron chi connectivity index (χ2n) is 22.9. The highest BCUT2D eigenvalue weighted by atomic mass is 79.9. The fourth-order valence-corrected chi connectivity index (χ4v) is 19.9. The first kappa shape index (κ1) is 93.9. The summed E-state index contributed by atoms with van der Waals surface area (Å²) in [5.41, 5.74) is 8.76. The lowest BCUT2D eigenvalue weighted by molar-refractivity contribution is 0.0505. The molecule has 0 aliphatic heterocycles. The van der Waals surface area contributed by atoms with Gasteiger partial charge >= 0.3 is 17.9 Å². The van der Waals surface area contributed by atoms with Crippen LogP contribution in [0.15, 0.2) is 208 Å². The van der Waals surface area contributed by atoms with Gasteiger partial charge in [0.2, 0.25) is 17.1 Å². The van der Waals surface area contributed by atoms with Crippen molar-refractivity contribution in [3.63, 3.8) is 0 Å². The molecule has 16 rings (SSSR count). The third-order valence-corrected chi connectivity index (χ3v) is 29.5. The maximum Gasteiger partial charge on any atom is 0.361 e. The Morgan fingerprint density at radius 1 is 0.467 bits per heavy atom. The van der Waals surface area contributed by atoms with Gasteiger partial charge in [-0.15, -0.1) is 93.5 Å². The third-order valence-electron chi connectivity index (χ3n) is 15.0. The summed E-state index contributed by atoms with van der Waals surface area (Å²) in [7, 11) is 1.62. The maximum absolute atomic E-state index is 12.5. The van der Waals surface area contributed by atoms with E-state index < -0.39 is 17.9 Å². The van der Waals surface area contributed by atoms with E-state index in [4.69, 9.17) is 171 Å². The van der Waals surface area contributed by atoms with Crippen molar-refractivity contribution in [1.29, 1.82) is 0 Å². The number of hydrogen-bond donors (Lipinski definition) is 4. The summed E-state index contributed by atoms with van der Waals surface area (Å²) in [6.45, 7) is 4.41. The Hall–Kier alpha value is -6.82. The summed E-state index contributed by atoms with van der Waals surface area (Å²) in [6, 6.07) is 40.4. The van der Waals surface area contributed by atoms with E-state index in [1.165, 1.54) is 68.9 Å². The monoisotopic (exact) mass is 2090 g/mol. The van der Waals surface area contributed by atoms with Crippen molar-refractivity contribution in [3.8, 4) is 68.4 Å². The smallest absolute Gasteiger partial charge is 0.361 e. The Balaban J connectivity index is 0.000000146. The number of H-pyrrole nitrogens is 3. The first-order valence-corrected chi connectivity index (χ1v) is 46.6. The molecule has 4 N–H and O–H groups in total. The van der Waals surface area contributed by atoms with E-state index >= 15 is 0 Å². The number of aromatic amines is 3. The predicted molar refractivity (Wildman–Crippen MR) is 497 cm³/mol. The maximum atomic E-state index is 12.5. The number of carbonyl (C=O) groups is 3. The minimum absolute atomic E-state index is 0.128. The van der Waals surface area contributed by atoms with Crippen molar-refractivity contribution < 1.29 is 33.7 Å².